The highest BCUT2D eigenvalue weighted by atomic mass is 32.1. The number of rotatable bonds is 3. The van der Waals surface area contributed by atoms with Crippen molar-refractivity contribution in [2.24, 2.45) is 0 Å². The summed E-state index contributed by atoms with van der Waals surface area (Å²) in [5, 5.41) is 3.36. The van der Waals surface area contributed by atoms with Crippen LogP contribution in [-0.4, -0.2) is 11.6 Å². The van der Waals surface area contributed by atoms with E-state index in [1.54, 1.807) is 11.3 Å². The van der Waals surface area contributed by atoms with Crippen molar-refractivity contribution in [2.75, 3.05) is 6.61 Å². The predicted octanol–water partition coefficient (Wildman–Crippen LogP) is 3.51. The zero-order chi connectivity index (χ0) is 9.97. The number of aromatic nitrogens is 1. The summed E-state index contributed by atoms with van der Waals surface area (Å²) in [5.74, 6) is 0.585. The van der Waals surface area contributed by atoms with Crippen molar-refractivity contribution in [3.63, 3.8) is 0 Å². The van der Waals surface area contributed by atoms with Gasteiger partial charge in [-0.25, -0.2) is 4.98 Å². The van der Waals surface area contributed by atoms with Gasteiger partial charge < -0.3 is 4.74 Å². The minimum atomic E-state index is 0.290. The highest BCUT2D eigenvalue weighted by molar-refractivity contribution is 7.09. The second-order valence-electron chi connectivity index (χ2n) is 3.92. The minimum absolute atomic E-state index is 0.290. The molecule has 0 bridgehead atoms. The maximum atomic E-state index is 5.61. The third-order valence-corrected chi connectivity index (χ3v) is 3.82. The molecule has 1 fully saturated rings. The van der Waals surface area contributed by atoms with Gasteiger partial charge in [-0.15, -0.1) is 11.3 Å². The van der Waals surface area contributed by atoms with Crippen molar-refractivity contribution in [1.29, 1.82) is 0 Å². The summed E-state index contributed by atoms with van der Waals surface area (Å²) >= 11 is 1.75. The van der Waals surface area contributed by atoms with Crippen molar-refractivity contribution in [3.05, 3.63) is 16.1 Å². The molecule has 0 radical (unpaired) electrons. The summed E-state index contributed by atoms with van der Waals surface area (Å²) in [4.78, 5) is 4.66. The summed E-state index contributed by atoms with van der Waals surface area (Å²) in [6, 6.07) is 0. The van der Waals surface area contributed by atoms with Gasteiger partial charge in [-0.1, -0.05) is 13.8 Å². The summed E-state index contributed by atoms with van der Waals surface area (Å²) in [5.41, 5.74) is 1.24. The number of ether oxygens (including phenoxy) is 1. The molecule has 3 heteroatoms. The van der Waals surface area contributed by atoms with Crippen molar-refractivity contribution in [2.45, 2.75) is 45.1 Å². The SMILES string of the molecule is CCC(C)c1csc(C2CCCO2)n1. The number of thiazole rings is 1. The van der Waals surface area contributed by atoms with Crippen LogP contribution in [0, 0.1) is 0 Å². The fourth-order valence-electron chi connectivity index (χ4n) is 1.66. The first-order chi connectivity index (χ1) is 6.81. The fraction of sp³-hybridized carbons (Fsp3) is 0.727. The summed E-state index contributed by atoms with van der Waals surface area (Å²) in [7, 11) is 0. The smallest absolute Gasteiger partial charge is 0.122 e. The molecule has 2 atom stereocenters. The predicted molar refractivity (Wildman–Crippen MR) is 58.7 cm³/mol. The normalized spacial score (nSPS) is 24.0. The van der Waals surface area contributed by atoms with Gasteiger partial charge in [0.2, 0.25) is 0 Å². The van der Waals surface area contributed by atoms with Gasteiger partial charge in [-0.2, -0.15) is 0 Å². The van der Waals surface area contributed by atoms with Crippen LogP contribution in [-0.2, 0) is 4.74 Å². The highest BCUT2D eigenvalue weighted by Gasteiger charge is 2.21. The minimum Gasteiger partial charge on any atom is -0.371 e. The van der Waals surface area contributed by atoms with Crippen molar-refractivity contribution in [1.82, 2.24) is 4.98 Å². The molecule has 0 saturated carbocycles. The average Bonchev–Trinajstić information content (AvgIpc) is 2.86. The van der Waals surface area contributed by atoms with E-state index in [0.717, 1.165) is 19.4 Å². The van der Waals surface area contributed by atoms with E-state index < -0.39 is 0 Å². The van der Waals surface area contributed by atoms with Crippen LogP contribution in [0.4, 0.5) is 0 Å². The largest absolute Gasteiger partial charge is 0.371 e. The Kier molecular flexibility index (Phi) is 3.19. The third-order valence-electron chi connectivity index (χ3n) is 2.86. The molecule has 0 aromatic carbocycles. The number of nitrogens with zero attached hydrogens (tertiary/aromatic N) is 1. The van der Waals surface area contributed by atoms with E-state index in [-0.39, 0.29) is 6.10 Å². The lowest BCUT2D eigenvalue weighted by Crippen LogP contribution is -1.97. The van der Waals surface area contributed by atoms with Gasteiger partial charge in [0.25, 0.3) is 0 Å². The van der Waals surface area contributed by atoms with E-state index in [9.17, 15) is 0 Å². The van der Waals surface area contributed by atoms with Gasteiger partial charge in [-0.3, -0.25) is 0 Å². The number of hydrogen-bond acceptors (Lipinski definition) is 3. The molecule has 0 amide bonds. The molecule has 1 aliphatic heterocycles. The standard InChI is InChI=1S/C11H17NOS/c1-3-8(2)9-7-14-11(12-9)10-5-4-6-13-10/h7-8,10H,3-6H2,1-2H3. The third kappa shape index (κ3) is 1.98. The van der Waals surface area contributed by atoms with Gasteiger partial charge in [0.05, 0.1) is 5.69 Å². The molecule has 2 nitrogen and oxygen atoms in total. The Morgan fingerprint density at radius 2 is 2.57 bits per heavy atom. The van der Waals surface area contributed by atoms with E-state index in [0.29, 0.717) is 5.92 Å². The molecule has 2 heterocycles. The Labute approximate surface area is 89.3 Å². The van der Waals surface area contributed by atoms with Crippen LogP contribution in [0.5, 0.6) is 0 Å². The molecule has 1 aliphatic rings. The molecule has 0 N–H and O–H groups in total. The average molecular weight is 211 g/mol. The fourth-order valence-corrected chi connectivity index (χ4v) is 2.68. The van der Waals surface area contributed by atoms with Crippen LogP contribution in [0.15, 0.2) is 5.38 Å². The lowest BCUT2D eigenvalue weighted by atomic mass is 10.1. The molecule has 0 spiro atoms. The van der Waals surface area contributed by atoms with Gasteiger partial charge in [0.1, 0.15) is 11.1 Å². The van der Waals surface area contributed by atoms with Crippen LogP contribution in [0.2, 0.25) is 0 Å². The van der Waals surface area contributed by atoms with Crippen molar-refractivity contribution < 1.29 is 4.74 Å². The van der Waals surface area contributed by atoms with Crippen molar-refractivity contribution in [3.8, 4) is 0 Å². The van der Waals surface area contributed by atoms with Crippen LogP contribution in [0.25, 0.3) is 0 Å². The molecular weight excluding hydrogens is 194 g/mol. The Morgan fingerprint density at radius 3 is 3.21 bits per heavy atom. The van der Waals surface area contributed by atoms with Crippen molar-refractivity contribution >= 4 is 11.3 Å². The van der Waals surface area contributed by atoms with E-state index in [2.05, 4.69) is 24.2 Å². The quantitative estimate of drug-likeness (QED) is 0.763. The lowest BCUT2D eigenvalue weighted by molar-refractivity contribution is 0.111. The zero-order valence-corrected chi connectivity index (χ0v) is 9.64. The maximum absolute atomic E-state index is 5.61. The molecule has 2 unspecified atom stereocenters. The molecule has 1 aromatic heterocycles. The Balaban J connectivity index is 2.08. The molecule has 78 valence electrons. The van der Waals surface area contributed by atoms with Gasteiger partial charge in [0.15, 0.2) is 0 Å². The summed E-state index contributed by atoms with van der Waals surface area (Å²) in [6.07, 6.45) is 3.78. The monoisotopic (exact) mass is 211 g/mol. The van der Waals surface area contributed by atoms with E-state index in [1.165, 1.54) is 17.1 Å². The second-order valence-corrected chi connectivity index (χ2v) is 4.81. The molecule has 1 aromatic rings. The molecule has 14 heavy (non-hydrogen) atoms. The molecule has 0 aliphatic carbocycles. The Morgan fingerprint density at radius 1 is 1.71 bits per heavy atom. The number of hydrogen-bond donors (Lipinski definition) is 0. The summed E-state index contributed by atoms with van der Waals surface area (Å²) < 4.78 is 5.61. The van der Waals surface area contributed by atoms with Crippen LogP contribution in [0.1, 0.15) is 55.8 Å². The summed E-state index contributed by atoms with van der Waals surface area (Å²) in [6.45, 7) is 5.34. The zero-order valence-electron chi connectivity index (χ0n) is 8.82. The highest BCUT2D eigenvalue weighted by Crippen LogP contribution is 2.32. The van der Waals surface area contributed by atoms with E-state index in [4.69, 9.17) is 4.74 Å². The van der Waals surface area contributed by atoms with Crippen LogP contribution < -0.4 is 0 Å². The maximum Gasteiger partial charge on any atom is 0.122 e. The first kappa shape index (κ1) is 10.1. The molecular formula is C11H17NOS. The molecule has 1 saturated heterocycles. The van der Waals surface area contributed by atoms with E-state index >= 15 is 0 Å². The van der Waals surface area contributed by atoms with Crippen LogP contribution >= 0.6 is 11.3 Å². The van der Waals surface area contributed by atoms with Gasteiger partial charge in [0, 0.05) is 12.0 Å². The molecule has 2 rings (SSSR count). The Hall–Kier alpha value is -0.410. The topological polar surface area (TPSA) is 22.1 Å². The van der Waals surface area contributed by atoms with Gasteiger partial charge in [-0.05, 0) is 25.2 Å². The van der Waals surface area contributed by atoms with Crippen LogP contribution in [0.3, 0.4) is 0 Å². The first-order valence-corrected chi connectivity index (χ1v) is 6.26. The Bertz CT molecular complexity index is 291. The van der Waals surface area contributed by atoms with E-state index in [1.807, 2.05) is 0 Å². The second kappa shape index (κ2) is 4.41. The first-order valence-electron chi connectivity index (χ1n) is 5.38. The van der Waals surface area contributed by atoms with Gasteiger partial charge >= 0.3 is 0 Å². The lowest BCUT2D eigenvalue weighted by Gasteiger charge is -2.05.